The van der Waals surface area contributed by atoms with Gasteiger partial charge >= 0.3 is 24.3 Å². The van der Waals surface area contributed by atoms with E-state index in [1.54, 1.807) is 30.6 Å². The second-order valence-corrected chi connectivity index (χ2v) is 12.2. The van der Waals surface area contributed by atoms with Gasteiger partial charge in [0.2, 0.25) is 15.9 Å². The van der Waals surface area contributed by atoms with Crippen LogP contribution < -0.4 is 15.4 Å². The van der Waals surface area contributed by atoms with Crippen LogP contribution in [0.1, 0.15) is 47.2 Å². The molecule has 5 rings (SSSR count). The fraction of sp³-hybridized carbons (Fsp3) is 0.267. The highest BCUT2D eigenvalue weighted by Crippen LogP contribution is 2.30. The number of aliphatic carboxylic acids is 1. The van der Waals surface area contributed by atoms with Gasteiger partial charge in [-0.15, -0.1) is 0 Å². The van der Waals surface area contributed by atoms with Gasteiger partial charge in [-0.1, -0.05) is 54.6 Å². The lowest BCUT2D eigenvalue weighted by Crippen LogP contribution is -2.43. The van der Waals surface area contributed by atoms with Gasteiger partial charge < -0.3 is 20.7 Å². The van der Waals surface area contributed by atoms with Crippen LogP contribution in [-0.4, -0.2) is 64.8 Å². The van der Waals surface area contributed by atoms with Crippen molar-refractivity contribution in [2.75, 3.05) is 0 Å². The van der Waals surface area contributed by atoms with Crippen molar-refractivity contribution in [3.8, 4) is 0 Å². The molecule has 4 aromatic rings. The quantitative estimate of drug-likeness (QED) is 0.182. The molecule has 1 aliphatic heterocycles. The molecule has 3 atom stereocenters. The summed E-state index contributed by atoms with van der Waals surface area (Å²) in [4.78, 5) is 61.8. The van der Waals surface area contributed by atoms with Gasteiger partial charge in [-0.25, -0.2) is 23.0 Å². The molecule has 18 heteroatoms. The SMILES string of the molecule is C[C@@H](Cc1ccccc1)NC(=O)NC(Cc1ccc(C2CC(=O)NS2(=O)=O)cc1)c1nc2ccncc2[nH]1.O=C(O)C(F)(F)F.O=C=O. The molecule has 0 spiro atoms. The number of hydrogen-bond donors (Lipinski definition) is 5. The number of urea groups is 1. The number of benzene rings is 2. The Labute approximate surface area is 271 Å². The first kappa shape index (κ1) is 36.9. The maximum atomic E-state index is 13.0. The van der Waals surface area contributed by atoms with Crippen LogP contribution in [0.3, 0.4) is 0 Å². The molecular formula is C30H29F3N6O8S. The number of sulfonamides is 1. The Hall–Kier alpha value is -5.61. The van der Waals surface area contributed by atoms with Crippen molar-refractivity contribution in [2.24, 2.45) is 0 Å². The standard InChI is InChI=1S/C27H28N6O4S.C2HF3O2.CO2/c1-17(13-18-5-3-2-4-6-18)29-27(35)32-22(26-30-21-11-12-28-16-23(21)31-26)14-19-7-9-20(10-8-19)24-15-25(34)33-38(24,36)37;3-2(4,5)1(6)7;2-1-3/h2-12,16-17,22,24H,13-15H2,1H3,(H,30,31)(H,33,34)(H2,29,32,35);(H,6,7);/t17-,22?,24?;;/m0../s1. The largest absolute Gasteiger partial charge is 0.490 e. The first-order valence-corrected chi connectivity index (χ1v) is 15.5. The van der Waals surface area contributed by atoms with E-state index in [0.717, 1.165) is 22.2 Å². The Morgan fingerprint density at radius 1 is 1.02 bits per heavy atom. The van der Waals surface area contributed by atoms with Crippen molar-refractivity contribution >= 4 is 45.1 Å². The van der Waals surface area contributed by atoms with Gasteiger partial charge in [-0.05, 0) is 42.5 Å². The van der Waals surface area contributed by atoms with E-state index in [1.165, 1.54) is 0 Å². The zero-order valence-corrected chi connectivity index (χ0v) is 25.8. The van der Waals surface area contributed by atoms with Crippen LogP contribution in [0.2, 0.25) is 0 Å². The van der Waals surface area contributed by atoms with Gasteiger partial charge in [0.1, 0.15) is 11.1 Å². The number of carbonyl (C=O) groups excluding carboxylic acids is 4. The average molecular weight is 691 g/mol. The Kier molecular flexibility index (Phi) is 12.5. The van der Waals surface area contributed by atoms with Crippen molar-refractivity contribution in [2.45, 2.75) is 49.7 Å². The number of amides is 3. The lowest BCUT2D eigenvalue weighted by atomic mass is 10.0. The van der Waals surface area contributed by atoms with E-state index in [9.17, 15) is 31.2 Å². The summed E-state index contributed by atoms with van der Waals surface area (Å²) in [6, 6.07) is 17.9. The minimum absolute atomic E-state index is 0.0955. The van der Waals surface area contributed by atoms with Crippen molar-refractivity contribution in [3.63, 3.8) is 0 Å². The molecule has 3 heterocycles. The molecule has 0 bridgehead atoms. The van der Waals surface area contributed by atoms with Crippen LogP contribution in [-0.2, 0) is 42.0 Å². The summed E-state index contributed by atoms with van der Waals surface area (Å²) in [7, 11) is -3.72. The molecule has 14 nitrogen and oxygen atoms in total. The highest BCUT2D eigenvalue weighted by Gasteiger charge is 2.38. The van der Waals surface area contributed by atoms with Crippen LogP contribution in [0.4, 0.5) is 18.0 Å². The van der Waals surface area contributed by atoms with Gasteiger partial charge in [0, 0.05) is 12.2 Å². The van der Waals surface area contributed by atoms with Crippen LogP contribution in [0.15, 0.2) is 73.1 Å². The predicted molar refractivity (Wildman–Crippen MR) is 161 cm³/mol. The molecule has 2 aromatic heterocycles. The highest BCUT2D eigenvalue weighted by molar-refractivity contribution is 7.90. The molecule has 5 N–H and O–H groups in total. The van der Waals surface area contributed by atoms with E-state index in [1.807, 2.05) is 54.1 Å². The number of carboxylic acids is 1. The van der Waals surface area contributed by atoms with Crippen molar-refractivity contribution in [3.05, 3.63) is 95.6 Å². The summed E-state index contributed by atoms with van der Waals surface area (Å²) in [5.41, 5.74) is 4.02. The van der Waals surface area contributed by atoms with Crippen molar-refractivity contribution in [1.29, 1.82) is 0 Å². The third-order valence-corrected chi connectivity index (χ3v) is 8.43. The second kappa shape index (κ2) is 16.3. The van der Waals surface area contributed by atoms with Gasteiger partial charge in [-0.3, -0.25) is 14.5 Å². The monoisotopic (exact) mass is 690 g/mol. The number of nitrogens with zero attached hydrogens (tertiary/aromatic N) is 2. The van der Waals surface area contributed by atoms with E-state index in [0.29, 0.717) is 24.2 Å². The fourth-order valence-corrected chi connectivity index (χ4v) is 6.08. The van der Waals surface area contributed by atoms with Gasteiger partial charge in [0.05, 0.1) is 29.7 Å². The van der Waals surface area contributed by atoms with E-state index in [-0.39, 0.29) is 24.6 Å². The van der Waals surface area contributed by atoms with E-state index in [4.69, 9.17) is 19.5 Å². The number of pyridine rings is 1. The average Bonchev–Trinajstić information content (AvgIpc) is 3.57. The number of carboxylic acid groups (broad SMARTS) is 1. The van der Waals surface area contributed by atoms with Crippen molar-refractivity contribution in [1.82, 2.24) is 30.3 Å². The molecule has 3 amide bonds. The van der Waals surface area contributed by atoms with E-state index >= 15 is 0 Å². The molecule has 0 aliphatic carbocycles. The zero-order valence-electron chi connectivity index (χ0n) is 25.0. The molecule has 254 valence electrons. The van der Waals surface area contributed by atoms with Gasteiger partial charge in [0.25, 0.3) is 0 Å². The van der Waals surface area contributed by atoms with Gasteiger partial charge in [-0.2, -0.15) is 22.8 Å². The number of aromatic nitrogens is 3. The lowest BCUT2D eigenvalue weighted by molar-refractivity contribution is -0.193. The maximum Gasteiger partial charge on any atom is 0.490 e. The van der Waals surface area contributed by atoms with Crippen LogP contribution in [0.25, 0.3) is 11.0 Å². The van der Waals surface area contributed by atoms with E-state index in [2.05, 4.69) is 25.6 Å². The molecule has 0 radical (unpaired) electrons. The molecule has 1 saturated heterocycles. The number of nitrogens with one attached hydrogen (secondary N) is 4. The minimum atomic E-state index is -5.08. The summed E-state index contributed by atoms with van der Waals surface area (Å²) >= 11 is 0. The highest BCUT2D eigenvalue weighted by atomic mass is 32.2. The summed E-state index contributed by atoms with van der Waals surface area (Å²) in [6.45, 7) is 1.95. The molecule has 2 unspecified atom stereocenters. The summed E-state index contributed by atoms with van der Waals surface area (Å²) in [5, 5.41) is 12.3. The first-order valence-electron chi connectivity index (χ1n) is 14.0. The normalized spacial score (nSPS) is 16.1. The number of fused-ring (bicyclic) bond motifs is 1. The number of carbonyl (C=O) groups is 3. The van der Waals surface area contributed by atoms with Crippen molar-refractivity contribution < 1.29 is 50.7 Å². The van der Waals surface area contributed by atoms with Crippen LogP contribution >= 0.6 is 0 Å². The first-order chi connectivity index (χ1) is 22.6. The fourth-order valence-electron chi connectivity index (χ4n) is 4.65. The Morgan fingerprint density at radius 3 is 2.17 bits per heavy atom. The lowest BCUT2D eigenvalue weighted by Gasteiger charge is -2.20. The summed E-state index contributed by atoms with van der Waals surface area (Å²) in [5.74, 6) is -2.68. The van der Waals surface area contributed by atoms with Crippen LogP contribution in [0.5, 0.6) is 0 Å². The third kappa shape index (κ3) is 10.7. The molecule has 2 aromatic carbocycles. The maximum absolute atomic E-state index is 13.0. The molecule has 48 heavy (non-hydrogen) atoms. The summed E-state index contributed by atoms with van der Waals surface area (Å²) < 4.78 is 58.2. The molecule has 1 fully saturated rings. The Morgan fingerprint density at radius 2 is 1.62 bits per heavy atom. The third-order valence-electron chi connectivity index (χ3n) is 6.73. The smallest absolute Gasteiger partial charge is 0.475 e. The predicted octanol–water partition coefficient (Wildman–Crippen LogP) is 3.11. The van der Waals surface area contributed by atoms with E-state index < -0.39 is 39.4 Å². The Bertz CT molecular complexity index is 1830. The second-order valence-electron chi connectivity index (χ2n) is 10.4. The molecular weight excluding hydrogens is 661 g/mol. The number of rotatable bonds is 8. The molecule has 0 saturated carbocycles. The number of alkyl halides is 3. The minimum Gasteiger partial charge on any atom is -0.475 e. The van der Waals surface area contributed by atoms with Gasteiger partial charge in [0.15, 0.2) is 0 Å². The van der Waals surface area contributed by atoms with Crippen LogP contribution in [0, 0.1) is 0 Å². The number of imidazole rings is 1. The number of hydrogen-bond acceptors (Lipinski definition) is 9. The number of H-pyrrole nitrogens is 1. The number of aromatic amines is 1. The topological polar surface area (TPSA) is 217 Å². The summed E-state index contributed by atoms with van der Waals surface area (Å²) in [6.07, 6.45) is -0.499. The zero-order chi connectivity index (χ0) is 35.5. The Balaban J connectivity index is 0.000000549. The number of halogens is 3. The molecule has 1 aliphatic rings.